The highest BCUT2D eigenvalue weighted by atomic mass is 31.2. The summed E-state index contributed by atoms with van der Waals surface area (Å²) < 4.78 is 8.77. The molecule has 0 aliphatic carbocycles. The first-order valence-corrected chi connectivity index (χ1v) is 8.58. The predicted octanol–water partition coefficient (Wildman–Crippen LogP) is 0.348. The van der Waals surface area contributed by atoms with Crippen LogP contribution in [0.5, 0.6) is 5.75 Å². The highest BCUT2D eigenvalue weighted by Crippen LogP contribution is 2.19. The quantitative estimate of drug-likeness (QED) is 0.363. The molecule has 3 aromatic rings. The molecule has 3 rings (SSSR count). The van der Waals surface area contributed by atoms with Gasteiger partial charge in [0, 0.05) is 12.7 Å². The Labute approximate surface area is 143 Å². The number of phenolic OH excluding ortho intramolecular Hbond substituents is 1. The molecule has 0 unspecified atom stereocenters. The molecule has 1 aromatic heterocycles. The molecule has 25 heavy (non-hydrogen) atoms. The van der Waals surface area contributed by atoms with E-state index in [1.165, 1.54) is 0 Å². The predicted molar refractivity (Wildman–Crippen MR) is 90.5 cm³/mol. The van der Waals surface area contributed by atoms with Crippen molar-refractivity contribution in [3.8, 4) is 5.75 Å². The number of aromatic hydroxyl groups is 1. The molecule has 0 bridgehead atoms. The Kier molecular flexibility index (Phi) is 8.06. The fourth-order valence-corrected chi connectivity index (χ4v) is 1.93. The van der Waals surface area contributed by atoms with Crippen LogP contribution in [0.15, 0.2) is 48.5 Å². The minimum Gasteiger partial charge on any atom is -0.756 e. The van der Waals surface area contributed by atoms with Gasteiger partial charge in [0.15, 0.2) is 0 Å². The van der Waals surface area contributed by atoms with Crippen LogP contribution in [-0.2, 0) is 11.1 Å². The van der Waals surface area contributed by atoms with E-state index in [1.807, 2.05) is 42.5 Å². The number of anilines is 1. The summed E-state index contributed by atoms with van der Waals surface area (Å²) in [6.45, 7) is 0.565. The zero-order valence-corrected chi connectivity index (χ0v) is 14.3. The first-order chi connectivity index (χ1) is 11.8. The summed E-state index contributed by atoms with van der Waals surface area (Å²) in [6, 6.07) is 15.3. The Balaban J connectivity index is 0.000000388. The smallest absolute Gasteiger partial charge is 0.353 e. The highest BCUT2D eigenvalue weighted by molar-refractivity contribution is 7.43. The van der Waals surface area contributed by atoms with Crippen molar-refractivity contribution >= 4 is 24.8 Å². The SMILES string of the molecule is CO.O=P([O-])(O)O.Oc1ccccc1CNc1[nH]c2ccccc2[nH+]1. The number of aliphatic hydroxyl groups excluding tert-OH is 1. The molecule has 1 heterocycles. The molecule has 0 fully saturated rings. The van der Waals surface area contributed by atoms with E-state index in [2.05, 4.69) is 15.3 Å². The second kappa shape index (κ2) is 9.77. The molecule has 10 heteroatoms. The fraction of sp³-hybridized carbons (Fsp3) is 0.133. The van der Waals surface area contributed by atoms with Crippen molar-refractivity contribution in [2.24, 2.45) is 0 Å². The van der Waals surface area contributed by atoms with E-state index in [0.717, 1.165) is 29.7 Å². The molecule has 0 saturated heterocycles. The molecule has 136 valence electrons. The number of H-pyrrole nitrogens is 2. The maximum absolute atomic E-state index is 9.67. The zero-order valence-electron chi connectivity index (χ0n) is 13.4. The Morgan fingerprint density at radius 3 is 2.28 bits per heavy atom. The molecule has 0 amide bonds. The summed E-state index contributed by atoms with van der Waals surface area (Å²) in [7, 11) is -3.89. The van der Waals surface area contributed by atoms with Gasteiger partial charge in [0.05, 0.1) is 6.54 Å². The minimum atomic E-state index is -4.89. The van der Waals surface area contributed by atoms with Gasteiger partial charge >= 0.3 is 5.95 Å². The summed E-state index contributed by atoms with van der Waals surface area (Å²) >= 11 is 0. The lowest BCUT2D eigenvalue weighted by molar-refractivity contribution is -0.326. The van der Waals surface area contributed by atoms with Gasteiger partial charge in [-0.1, -0.05) is 30.3 Å². The van der Waals surface area contributed by atoms with E-state index in [0.29, 0.717) is 12.3 Å². The van der Waals surface area contributed by atoms with Crippen molar-refractivity contribution in [3.05, 3.63) is 54.1 Å². The number of phenols is 1. The maximum atomic E-state index is 9.67. The fourth-order valence-electron chi connectivity index (χ4n) is 1.93. The second-order valence-corrected chi connectivity index (χ2v) is 5.62. The van der Waals surface area contributed by atoms with Crippen molar-refractivity contribution < 1.29 is 34.4 Å². The van der Waals surface area contributed by atoms with E-state index < -0.39 is 7.82 Å². The maximum Gasteiger partial charge on any atom is 0.353 e. The molecule has 0 saturated carbocycles. The van der Waals surface area contributed by atoms with E-state index >= 15 is 0 Å². The van der Waals surface area contributed by atoms with Gasteiger partial charge in [0.1, 0.15) is 16.8 Å². The Morgan fingerprint density at radius 1 is 1.12 bits per heavy atom. The Morgan fingerprint density at radius 2 is 1.68 bits per heavy atom. The molecule has 0 aliphatic heterocycles. The van der Waals surface area contributed by atoms with Crippen LogP contribution < -0.4 is 15.2 Å². The normalized spacial score (nSPS) is 10.3. The second-order valence-electron chi connectivity index (χ2n) is 4.64. The van der Waals surface area contributed by atoms with Crippen molar-refractivity contribution in [3.63, 3.8) is 0 Å². The first-order valence-electron chi connectivity index (χ1n) is 7.05. The van der Waals surface area contributed by atoms with Crippen LogP contribution >= 0.6 is 7.82 Å². The van der Waals surface area contributed by atoms with E-state index in [4.69, 9.17) is 24.4 Å². The minimum absolute atomic E-state index is 0.307. The van der Waals surface area contributed by atoms with Gasteiger partial charge in [-0.2, -0.15) is 0 Å². The van der Waals surface area contributed by atoms with Gasteiger partial charge < -0.3 is 24.9 Å². The number of benzene rings is 2. The van der Waals surface area contributed by atoms with Crippen molar-refractivity contribution in [1.29, 1.82) is 0 Å². The third kappa shape index (κ3) is 7.79. The standard InChI is InChI=1S/C14H13N3O.CH4O.H3O4P/c18-13-8-4-1-5-10(13)9-15-14-16-11-6-2-3-7-12(11)17-14;1-2;1-5(2,3)4/h1-8,18H,9H2,(H2,15,16,17);2H,1H3;(H3,1,2,3,4). The van der Waals surface area contributed by atoms with Gasteiger partial charge in [-0.15, -0.1) is 0 Å². The van der Waals surface area contributed by atoms with Gasteiger partial charge in [-0.05, 0) is 18.2 Å². The lowest BCUT2D eigenvalue weighted by Crippen LogP contribution is -2.10. The van der Waals surface area contributed by atoms with Crippen LogP contribution in [0.3, 0.4) is 0 Å². The third-order valence-electron chi connectivity index (χ3n) is 2.89. The lowest BCUT2D eigenvalue weighted by Gasteiger charge is -2.01. The number of aromatic amines is 2. The topological polar surface area (TPSA) is 163 Å². The molecule has 0 radical (unpaired) electrons. The molecule has 0 atom stereocenters. The van der Waals surface area contributed by atoms with Crippen molar-refractivity contribution in [1.82, 2.24) is 4.98 Å². The van der Waals surface area contributed by atoms with Crippen LogP contribution in [0.25, 0.3) is 11.0 Å². The monoisotopic (exact) mass is 369 g/mol. The average Bonchev–Trinajstić information content (AvgIpc) is 2.97. The van der Waals surface area contributed by atoms with Gasteiger partial charge in [-0.3, -0.25) is 9.88 Å². The number of phosphoric acid groups is 1. The van der Waals surface area contributed by atoms with Gasteiger partial charge in [0.25, 0.3) is 7.82 Å². The number of nitrogens with one attached hydrogen (secondary N) is 3. The molecule has 7 N–H and O–H groups in total. The third-order valence-corrected chi connectivity index (χ3v) is 2.89. The summed E-state index contributed by atoms with van der Waals surface area (Å²) in [5.41, 5.74) is 2.97. The summed E-state index contributed by atoms with van der Waals surface area (Å²) in [5.74, 6) is 1.14. The number of imidazole rings is 1. The lowest BCUT2D eigenvalue weighted by atomic mass is 10.2. The summed E-state index contributed by atoms with van der Waals surface area (Å²) in [5, 5.41) is 19.9. The Hall–Kier alpha value is -2.42. The molecule has 0 aliphatic rings. The van der Waals surface area contributed by atoms with Crippen LogP contribution in [-0.4, -0.2) is 32.1 Å². The van der Waals surface area contributed by atoms with Crippen LogP contribution in [0.1, 0.15) is 5.56 Å². The Bertz CT molecular complexity index is 791. The number of aromatic nitrogens is 2. The first kappa shape index (κ1) is 20.6. The van der Waals surface area contributed by atoms with E-state index in [1.54, 1.807) is 6.07 Å². The van der Waals surface area contributed by atoms with Crippen LogP contribution in [0.2, 0.25) is 0 Å². The molecule has 0 spiro atoms. The average molecular weight is 369 g/mol. The van der Waals surface area contributed by atoms with Crippen molar-refractivity contribution in [2.45, 2.75) is 6.54 Å². The summed E-state index contributed by atoms with van der Waals surface area (Å²) in [6.07, 6.45) is 0. The number of fused-ring (bicyclic) bond motifs is 1. The highest BCUT2D eigenvalue weighted by Gasteiger charge is 2.08. The molecular weight excluding hydrogens is 349 g/mol. The number of hydrogen-bond donors (Lipinski definition) is 6. The number of para-hydroxylation sites is 3. The molecule has 9 nitrogen and oxygen atoms in total. The van der Waals surface area contributed by atoms with Crippen LogP contribution in [0.4, 0.5) is 5.95 Å². The largest absolute Gasteiger partial charge is 0.756 e. The van der Waals surface area contributed by atoms with E-state index in [-0.39, 0.29) is 0 Å². The van der Waals surface area contributed by atoms with E-state index in [9.17, 15) is 5.11 Å². The van der Waals surface area contributed by atoms with Gasteiger partial charge in [-0.25, -0.2) is 9.97 Å². The number of hydrogen-bond acceptors (Lipinski definition) is 5. The number of aliphatic hydroxyl groups is 1. The zero-order chi connectivity index (χ0) is 18.9. The summed E-state index contributed by atoms with van der Waals surface area (Å²) in [4.78, 5) is 29.4. The van der Waals surface area contributed by atoms with Crippen molar-refractivity contribution in [2.75, 3.05) is 12.4 Å². The molecular formula is C15H20N3O6P. The number of rotatable bonds is 3. The van der Waals surface area contributed by atoms with Gasteiger partial charge in [0.2, 0.25) is 0 Å². The molecule has 2 aromatic carbocycles. The van der Waals surface area contributed by atoms with Crippen LogP contribution in [0, 0.1) is 0 Å².